The van der Waals surface area contributed by atoms with Gasteiger partial charge in [0.25, 0.3) is 0 Å². The Morgan fingerprint density at radius 3 is 2.48 bits per heavy atom. The molecule has 0 fully saturated rings. The maximum Gasteiger partial charge on any atom is 0.323 e. The molecule has 0 aliphatic heterocycles. The first kappa shape index (κ1) is 25.0. The van der Waals surface area contributed by atoms with Gasteiger partial charge in [0.05, 0.1) is 11.8 Å². The number of rotatable bonds is 13. The molecule has 6 nitrogen and oxygen atoms in total. The highest BCUT2D eigenvalue weighted by Crippen LogP contribution is 2.24. The van der Waals surface area contributed by atoms with Crippen molar-refractivity contribution >= 4 is 23.3 Å². The summed E-state index contributed by atoms with van der Waals surface area (Å²) in [4.78, 5) is 29.4. The molecule has 0 aliphatic carbocycles. The largest absolute Gasteiger partial charge is 0.480 e. The molecule has 0 spiro atoms. The van der Waals surface area contributed by atoms with Crippen LogP contribution in [0.5, 0.6) is 0 Å². The topological polar surface area (TPSA) is 88.5 Å². The van der Waals surface area contributed by atoms with E-state index in [1.165, 1.54) is 11.3 Å². The highest BCUT2D eigenvalue weighted by molar-refractivity contribution is 7.13. The van der Waals surface area contributed by atoms with Gasteiger partial charge in [-0.15, -0.1) is 11.3 Å². The fraction of sp³-hybridized carbons (Fsp3) is 0.542. The minimum atomic E-state index is -0.964. The highest BCUT2D eigenvalue weighted by Gasteiger charge is 2.29. The summed E-state index contributed by atoms with van der Waals surface area (Å²) < 4.78 is 5.65. The summed E-state index contributed by atoms with van der Waals surface area (Å²) in [6.45, 7) is 7.90. The molecule has 1 aromatic heterocycles. The Bertz CT molecular complexity index is 822. The van der Waals surface area contributed by atoms with E-state index in [4.69, 9.17) is 4.74 Å². The van der Waals surface area contributed by atoms with Crippen LogP contribution in [-0.4, -0.2) is 40.2 Å². The summed E-state index contributed by atoms with van der Waals surface area (Å²) in [7, 11) is 0. The van der Waals surface area contributed by atoms with Crippen LogP contribution in [0.4, 0.5) is 0 Å². The zero-order valence-electron chi connectivity index (χ0n) is 18.8. The van der Waals surface area contributed by atoms with Crippen molar-refractivity contribution in [1.82, 2.24) is 10.3 Å². The van der Waals surface area contributed by atoms with Gasteiger partial charge >= 0.3 is 11.9 Å². The van der Waals surface area contributed by atoms with E-state index in [2.05, 4.69) is 17.2 Å². The number of carboxylic acid groups (broad SMARTS) is 1. The molecule has 2 unspecified atom stereocenters. The Balaban J connectivity index is 2.17. The Kier molecular flexibility index (Phi) is 10.1. The van der Waals surface area contributed by atoms with E-state index in [1.807, 2.05) is 56.5 Å². The van der Waals surface area contributed by atoms with Crippen LogP contribution in [0.15, 0.2) is 35.7 Å². The summed E-state index contributed by atoms with van der Waals surface area (Å²) in [5, 5.41) is 15.5. The summed E-state index contributed by atoms with van der Waals surface area (Å²) in [5.41, 5.74) is 1.76. The molecular weight excluding hydrogens is 412 g/mol. The predicted molar refractivity (Wildman–Crippen MR) is 124 cm³/mol. The number of carboxylic acids is 1. The van der Waals surface area contributed by atoms with E-state index in [0.29, 0.717) is 6.42 Å². The quantitative estimate of drug-likeness (QED) is 0.424. The van der Waals surface area contributed by atoms with Crippen molar-refractivity contribution in [3.63, 3.8) is 0 Å². The Morgan fingerprint density at radius 2 is 1.87 bits per heavy atom. The number of thiazole rings is 1. The average Bonchev–Trinajstić information content (AvgIpc) is 3.20. The summed E-state index contributed by atoms with van der Waals surface area (Å²) in [6, 6.07) is 8.26. The van der Waals surface area contributed by atoms with Gasteiger partial charge in [0, 0.05) is 17.4 Å². The molecular formula is C24H34N2O4S. The molecule has 2 aromatic rings. The lowest BCUT2D eigenvalue weighted by atomic mass is 10.0. The number of esters is 1. The molecule has 0 aliphatic rings. The molecule has 1 heterocycles. The van der Waals surface area contributed by atoms with Crippen molar-refractivity contribution in [3.8, 4) is 10.6 Å². The average molecular weight is 447 g/mol. The number of unbranched alkanes of at least 4 members (excludes halogenated alkanes) is 1. The first-order valence-electron chi connectivity index (χ1n) is 11.0. The monoisotopic (exact) mass is 446 g/mol. The molecule has 0 saturated carbocycles. The van der Waals surface area contributed by atoms with E-state index in [1.54, 1.807) is 0 Å². The van der Waals surface area contributed by atoms with Gasteiger partial charge < -0.3 is 9.84 Å². The zero-order valence-corrected chi connectivity index (χ0v) is 19.7. The van der Waals surface area contributed by atoms with Gasteiger partial charge in [-0.3, -0.25) is 14.9 Å². The van der Waals surface area contributed by atoms with Gasteiger partial charge in [0.15, 0.2) is 0 Å². The fourth-order valence-electron chi connectivity index (χ4n) is 3.32. The van der Waals surface area contributed by atoms with Gasteiger partial charge in [-0.25, -0.2) is 4.98 Å². The van der Waals surface area contributed by atoms with Crippen LogP contribution in [-0.2, 0) is 20.7 Å². The number of nitrogens with zero attached hydrogens (tertiary/aromatic N) is 1. The van der Waals surface area contributed by atoms with Crippen LogP contribution in [0.2, 0.25) is 0 Å². The van der Waals surface area contributed by atoms with Crippen LogP contribution in [0.25, 0.3) is 10.6 Å². The number of hydrogen-bond acceptors (Lipinski definition) is 6. The van der Waals surface area contributed by atoms with Gasteiger partial charge in [0.1, 0.15) is 17.1 Å². The Morgan fingerprint density at radius 1 is 1.16 bits per heavy atom. The summed E-state index contributed by atoms with van der Waals surface area (Å²) in [6.07, 6.45) is 3.30. The van der Waals surface area contributed by atoms with Crippen molar-refractivity contribution in [1.29, 1.82) is 0 Å². The third kappa shape index (κ3) is 8.42. The lowest BCUT2D eigenvalue weighted by molar-refractivity contribution is -0.152. The SMILES string of the molecule is CCCCC(C)OC(=O)C(Cc1csc(-c2ccccc2)n1)N[C@@H](CC(C)C)C(=O)O. The van der Waals surface area contributed by atoms with E-state index < -0.39 is 24.0 Å². The van der Waals surface area contributed by atoms with Crippen molar-refractivity contribution in [2.24, 2.45) is 5.92 Å². The smallest absolute Gasteiger partial charge is 0.323 e. The van der Waals surface area contributed by atoms with Crippen LogP contribution >= 0.6 is 11.3 Å². The number of carbonyl (C=O) groups is 2. The van der Waals surface area contributed by atoms with Crippen LogP contribution in [0.3, 0.4) is 0 Å². The van der Waals surface area contributed by atoms with E-state index >= 15 is 0 Å². The Hall–Kier alpha value is -2.25. The number of nitrogens with one attached hydrogen (secondary N) is 1. The third-order valence-electron chi connectivity index (χ3n) is 4.96. The Labute approximate surface area is 189 Å². The van der Waals surface area contributed by atoms with Crippen molar-refractivity contribution < 1.29 is 19.4 Å². The number of hydrogen-bond donors (Lipinski definition) is 2. The maximum atomic E-state index is 12.9. The first-order chi connectivity index (χ1) is 14.8. The number of benzene rings is 1. The number of carbonyl (C=O) groups excluding carboxylic acids is 1. The van der Waals surface area contributed by atoms with Gasteiger partial charge in [-0.1, -0.05) is 63.9 Å². The number of aromatic nitrogens is 1. The minimum absolute atomic E-state index is 0.178. The highest BCUT2D eigenvalue weighted by atomic mass is 32.1. The molecule has 2 N–H and O–H groups in total. The van der Waals surface area contributed by atoms with Crippen molar-refractivity contribution in [2.45, 2.75) is 78.0 Å². The molecule has 31 heavy (non-hydrogen) atoms. The van der Waals surface area contributed by atoms with Gasteiger partial charge in [-0.2, -0.15) is 0 Å². The zero-order chi connectivity index (χ0) is 22.8. The standard InChI is InChI=1S/C24H34N2O4S/c1-5-6-10-17(4)30-24(29)21(26-20(23(27)28)13-16(2)3)14-19-15-31-22(25-19)18-11-8-7-9-12-18/h7-9,11-12,15-17,20-21,26H,5-6,10,13-14H2,1-4H3,(H,27,28)/t17?,20-,21?/m0/s1. The van der Waals surface area contributed by atoms with Crippen LogP contribution < -0.4 is 5.32 Å². The van der Waals surface area contributed by atoms with E-state index in [0.717, 1.165) is 35.5 Å². The van der Waals surface area contributed by atoms with E-state index in [-0.39, 0.29) is 18.4 Å². The fourth-order valence-corrected chi connectivity index (χ4v) is 4.16. The maximum absolute atomic E-state index is 12.9. The molecule has 0 saturated heterocycles. The summed E-state index contributed by atoms with van der Waals surface area (Å²) in [5.74, 6) is -1.21. The molecule has 2 rings (SSSR count). The predicted octanol–water partition coefficient (Wildman–Crippen LogP) is 4.93. The van der Waals surface area contributed by atoms with Gasteiger partial charge in [-0.05, 0) is 25.7 Å². The summed E-state index contributed by atoms with van der Waals surface area (Å²) >= 11 is 1.51. The van der Waals surface area contributed by atoms with Crippen molar-refractivity contribution in [2.75, 3.05) is 0 Å². The van der Waals surface area contributed by atoms with Gasteiger partial charge in [0.2, 0.25) is 0 Å². The molecule has 170 valence electrons. The lowest BCUT2D eigenvalue weighted by Gasteiger charge is -2.24. The molecule has 0 radical (unpaired) electrons. The second kappa shape index (κ2) is 12.6. The molecule has 0 amide bonds. The third-order valence-corrected chi connectivity index (χ3v) is 5.90. The second-order valence-electron chi connectivity index (χ2n) is 8.34. The van der Waals surface area contributed by atoms with Crippen molar-refractivity contribution in [3.05, 3.63) is 41.4 Å². The molecule has 7 heteroatoms. The van der Waals surface area contributed by atoms with Crippen LogP contribution in [0, 0.1) is 5.92 Å². The molecule has 3 atom stereocenters. The van der Waals surface area contributed by atoms with E-state index in [9.17, 15) is 14.7 Å². The first-order valence-corrected chi connectivity index (χ1v) is 11.9. The lowest BCUT2D eigenvalue weighted by Crippen LogP contribution is -2.50. The normalized spacial score (nSPS) is 14.2. The van der Waals surface area contributed by atoms with Crippen LogP contribution in [0.1, 0.15) is 59.1 Å². The second-order valence-corrected chi connectivity index (χ2v) is 9.20. The minimum Gasteiger partial charge on any atom is -0.480 e. The molecule has 0 bridgehead atoms. The number of aliphatic carboxylic acids is 1. The number of ether oxygens (including phenoxy) is 1. The molecule has 1 aromatic carbocycles.